The molecule has 0 saturated heterocycles. The van der Waals surface area contributed by atoms with Crippen LogP contribution in [-0.4, -0.2) is 18.0 Å². The summed E-state index contributed by atoms with van der Waals surface area (Å²) in [5.74, 6) is -0.432. The van der Waals surface area contributed by atoms with Crippen LogP contribution >= 0.6 is 0 Å². The fourth-order valence-electron chi connectivity index (χ4n) is 2.39. The average Bonchev–Trinajstić information content (AvgIpc) is 2.59. The number of carbonyl (C=O) groups is 2. The largest absolute Gasteiger partial charge is 0.459 e. The molecule has 5 heteroatoms. The second-order valence-corrected chi connectivity index (χ2v) is 6.15. The highest BCUT2D eigenvalue weighted by Gasteiger charge is 2.10. The van der Waals surface area contributed by atoms with E-state index in [1.807, 2.05) is 30.6 Å². The summed E-state index contributed by atoms with van der Waals surface area (Å²) >= 11 is 0. The number of amides is 1. The molecule has 132 valence electrons. The molecule has 0 aliphatic heterocycles. The number of nitrogens with zero attached hydrogens (tertiary/aromatic N) is 1. The zero-order valence-corrected chi connectivity index (χ0v) is 14.8. The Morgan fingerprint density at radius 2 is 1.84 bits per heavy atom. The van der Waals surface area contributed by atoms with Gasteiger partial charge in [-0.25, -0.2) is 9.36 Å². The van der Waals surface area contributed by atoms with Gasteiger partial charge in [0.2, 0.25) is 5.91 Å². The van der Waals surface area contributed by atoms with E-state index in [0.717, 1.165) is 19.4 Å². The first-order valence-corrected chi connectivity index (χ1v) is 8.59. The number of hydrogen-bond donors (Lipinski definition) is 1. The highest BCUT2D eigenvalue weighted by Crippen LogP contribution is 2.13. The number of esters is 1. The zero-order chi connectivity index (χ0) is 18.1. The number of aryl methyl sites for hydroxylation is 1. The molecule has 0 aliphatic rings. The lowest BCUT2D eigenvalue weighted by Gasteiger charge is -2.09. The van der Waals surface area contributed by atoms with Gasteiger partial charge in [-0.1, -0.05) is 12.1 Å². The van der Waals surface area contributed by atoms with E-state index in [1.165, 1.54) is 0 Å². The minimum atomic E-state index is -0.383. The van der Waals surface area contributed by atoms with E-state index >= 15 is 0 Å². The van der Waals surface area contributed by atoms with Crippen LogP contribution in [0.15, 0.2) is 54.9 Å². The quantitative estimate of drug-likeness (QED) is 0.455. The van der Waals surface area contributed by atoms with E-state index in [2.05, 4.69) is 9.88 Å². The molecule has 1 aromatic carbocycles. The van der Waals surface area contributed by atoms with Crippen molar-refractivity contribution in [1.29, 1.82) is 0 Å². The Balaban J connectivity index is 1.77. The molecule has 25 heavy (non-hydrogen) atoms. The third-order valence-electron chi connectivity index (χ3n) is 3.57. The molecule has 1 aromatic heterocycles. The zero-order valence-electron chi connectivity index (χ0n) is 14.8. The number of ether oxygens (including phenoxy) is 1. The maximum atomic E-state index is 12.0. The van der Waals surface area contributed by atoms with Gasteiger partial charge in [-0.2, -0.15) is 0 Å². The minimum Gasteiger partial charge on any atom is -0.459 e. The summed E-state index contributed by atoms with van der Waals surface area (Å²) in [6.07, 6.45) is 6.05. The van der Waals surface area contributed by atoms with E-state index in [4.69, 9.17) is 4.74 Å². The van der Waals surface area contributed by atoms with Gasteiger partial charge in [-0.15, -0.1) is 0 Å². The van der Waals surface area contributed by atoms with E-state index < -0.39 is 0 Å². The van der Waals surface area contributed by atoms with Crippen molar-refractivity contribution in [1.82, 2.24) is 0 Å². The standard InChI is InChI=1S/C20H24N2O3/c1-16(2)25-20(24)17-9-8-10-18(15-17)21-19(23)11-4-7-14-22-12-5-3-6-13-22/h3,5-6,8-10,12-13,15-16H,4,7,11,14H2,1-2H3/p+1. The number of pyridine rings is 1. The summed E-state index contributed by atoms with van der Waals surface area (Å²) < 4.78 is 7.26. The second-order valence-electron chi connectivity index (χ2n) is 6.15. The van der Waals surface area contributed by atoms with E-state index in [1.54, 1.807) is 38.1 Å². The SMILES string of the molecule is CC(C)OC(=O)c1cccc(NC(=O)CCCC[n+]2ccccc2)c1. The topological polar surface area (TPSA) is 59.3 Å². The van der Waals surface area contributed by atoms with Crippen LogP contribution in [0.3, 0.4) is 0 Å². The molecule has 0 bridgehead atoms. The second kappa shape index (κ2) is 9.57. The highest BCUT2D eigenvalue weighted by atomic mass is 16.5. The Kier molecular flexibility index (Phi) is 7.14. The van der Waals surface area contributed by atoms with Gasteiger partial charge in [0.25, 0.3) is 0 Å². The number of aromatic nitrogens is 1. The summed E-state index contributed by atoms with van der Waals surface area (Å²) in [5.41, 5.74) is 1.05. The summed E-state index contributed by atoms with van der Waals surface area (Å²) in [6.45, 7) is 4.50. The van der Waals surface area contributed by atoms with Crippen LogP contribution in [0.2, 0.25) is 0 Å². The van der Waals surface area contributed by atoms with Crippen LogP contribution in [-0.2, 0) is 16.1 Å². The van der Waals surface area contributed by atoms with Gasteiger partial charge in [0.15, 0.2) is 12.4 Å². The number of nitrogens with one attached hydrogen (secondary N) is 1. The van der Waals surface area contributed by atoms with Gasteiger partial charge < -0.3 is 10.1 Å². The van der Waals surface area contributed by atoms with Crippen molar-refractivity contribution in [3.05, 3.63) is 60.4 Å². The Hall–Kier alpha value is -2.69. The lowest BCUT2D eigenvalue weighted by Crippen LogP contribution is -2.32. The van der Waals surface area contributed by atoms with Crippen molar-refractivity contribution in [3.8, 4) is 0 Å². The summed E-state index contributed by atoms with van der Waals surface area (Å²) in [5, 5.41) is 2.84. The molecule has 0 spiro atoms. The third-order valence-corrected chi connectivity index (χ3v) is 3.57. The van der Waals surface area contributed by atoms with Crippen molar-refractivity contribution in [2.75, 3.05) is 5.32 Å². The van der Waals surface area contributed by atoms with Crippen molar-refractivity contribution in [3.63, 3.8) is 0 Å². The Labute approximate surface area is 148 Å². The lowest BCUT2D eigenvalue weighted by molar-refractivity contribution is -0.697. The fourth-order valence-corrected chi connectivity index (χ4v) is 2.39. The maximum Gasteiger partial charge on any atom is 0.338 e. The molecule has 0 saturated carbocycles. The summed E-state index contributed by atoms with van der Waals surface area (Å²) in [6, 6.07) is 12.8. The van der Waals surface area contributed by atoms with E-state index in [0.29, 0.717) is 17.7 Å². The number of rotatable bonds is 8. The van der Waals surface area contributed by atoms with Gasteiger partial charge in [0.1, 0.15) is 6.54 Å². The Bertz CT molecular complexity index is 699. The fraction of sp³-hybridized carbons (Fsp3) is 0.350. The van der Waals surface area contributed by atoms with Crippen molar-refractivity contribution in [2.24, 2.45) is 0 Å². The molecule has 2 aromatic rings. The number of unbranched alkanes of at least 4 members (excludes halogenated alkanes) is 1. The third kappa shape index (κ3) is 6.75. The van der Waals surface area contributed by atoms with Crippen LogP contribution in [0.25, 0.3) is 0 Å². The number of benzene rings is 1. The van der Waals surface area contributed by atoms with E-state index in [9.17, 15) is 9.59 Å². The van der Waals surface area contributed by atoms with Crippen LogP contribution in [0.5, 0.6) is 0 Å². The molecule has 1 amide bonds. The molecule has 1 heterocycles. The first-order valence-electron chi connectivity index (χ1n) is 8.59. The lowest BCUT2D eigenvalue weighted by atomic mass is 10.2. The average molecular weight is 341 g/mol. The molecule has 0 aliphatic carbocycles. The molecule has 0 atom stereocenters. The van der Waals surface area contributed by atoms with Crippen LogP contribution in [0, 0.1) is 0 Å². The van der Waals surface area contributed by atoms with Crippen molar-refractivity contribution in [2.45, 2.75) is 45.8 Å². The van der Waals surface area contributed by atoms with Crippen LogP contribution in [0.4, 0.5) is 5.69 Å². The smallest absolute Gasteiger partial charge is 0.338 e. The van der Waals surface area contributed by atoms with E-state index in [-0.39, 0.29) is 18.0 Å². The number of anilines is 1. The first kappa shape index (κ1) is 18.6. The predicted molar refractivity (Wildman–Crippen MR) is 96.1 cm³/mol. The molecular formula is C20H25N2O3+. The Morgan fingerprint density at radius 3 is 2.56 bits per heavy atom. The minimum absolute atomic E-state index is 0.0487. The summed E-state index contributed by atoms with van der Waals surface area (Å²) in [7, 11) is 0. The number of hydrogen-bond acceptors (Lipinski definition) is 3. The molecule has 0 fully saturated rings. The highest BCUT2D eigenvalue weighted by molar-refractivity contribution is 5.94. The van der Waals surface area contributed by atoms with Gasteiger partial charge in [-0.3, -0.25) is 4.79 Å². The van der Waals surface area contributed by atoms with Gasteiger partial charge in [0, 0.05) is 30.7 Å². The molecule has 5 nitrogen and oxygen atoms in total. The van der Waals surface area contributed by atoms with Gasteiger partial charge in [0.05, 0.1) is 11.7 Å². The number of carbonyl (C=O) groups excluding carboxylic acids is 2. The van der Waals surface area contributed by atoms with Crippen molar-refractivity contribution >= 4 is 17.6 Å². The molecule has 0 radical (unpaired) electrons. The molecule has 0 unspecified atom stereocenters. The first-order chi connectivity index (χ1) is 12.0. The monoisotopic (exact) mass is 341 g/mol. The summed E-state index contributed by atoms with van der Waals surface area (Å²) in [4.78, 5) is 24.0. The van der Waals surface area contributed by atoms with Gasteiger partial charge >= 0.3 is 5.97 Å². The van der Waals surface area contributed by atoms with Gasteiger partial charge in [-0.05, 0) is 38.5 Å². The molecule has 2 rings (SSSR count). The normalized spacial score (nSPS) is 10.5. The molecule has 1 N–H and O–H groups in total. The van der Waals surface area contributed by atoms with Crippen LogP contribution in [0.1, 0.15) is 43.5 Å². The Morgan fingerprint density at radius 1 is 1.08 bits per heavy atom. The maximum absolute atomic E-state index is 12.0. The molecular weight excluding hydrogens is 316 g/mol. The van der Waals surface area contributed by atoms with Crippen LogP contribution < -0.4 is 9.88 Å². The van der Waals surface area contributed by atoms with Crippen molar-refractivity contribution < 1.29 is 18.9 Å². The predicted octanol–water partition coefficient (Wildman–Crippen LogP) is 3.35.